The summed E-state index contributed by atoms with van der Waals surface area (Å²) in [6.07, 6.45) is 10.1. The lowest BCUT2D eigenvalue weighted by Crippen LogP contribution is -2.56. The molecule has 4 aliphatic carbocycles. The van der Waals surface area contributed by atoms with Gasteiger partial charge in [-0.3, -0.25) is 4.79 Å². The number of rotatable bonds is 0. The molecule has 0 spiro atoms. The fourth-order valence-electron chi connectivity index (χ4n) is 7.06. The highest BCUT2D eigenvalue weighted by molar-refractivity contribution is 5.84. The van der Waals surface area contributed by atoms with Gasteiger partial charge in [0.1, 0.15) is 5.78 Å². The van der Waals surface area contributed by atoms with Gasteiger partial charge in [0.05, 0.1) is 6.10 Å². The number of hydrogen-bond donors (Lipinski definition) is 1. The molecule has 118 valence electrons. The van der Waals surface area contributed by atoms with E-state index in [2.05, 4.69) is 13.8 Å². The first-order valence-electron chi connectivity index (χ1n) is 9.15. The Kier molecular flexibility index (Phi) is 3.10. The van der Waals surface area contributed by atoms with Crippen LogP contribution in [0.4, 0.5) is 0 Å². The molecule has 0 unspecified atom stereocenters. The van der Waals surface area contributed by atoms with Crippen molar-refractivity contribution < 1.29 is 9.90 Å². The first-order chi connectivity index (χ1) is 9.94. The van der Waals surface area contributed by atoms with Crippen molar-refractivity contribution in [3.8, 4) is 0 Å². The van der Waals surface area contributed by atoms with Gasteiger partial charge in [-0.05, 0) is 73.5 Å². The van der Waals surface area contributed by atoms with Gasteiger partial charge < -0.3 is 5.11 Å². The SMILES string of the molecule is C[C@]12CCC[C@@H]1[C@@H]1CC[C@@H]3C[C@H](O)CC[C@@]3(C)[C@H]1C(=O)C2. The van der Waals surface area contributed by atoms with E-state index in [4.69, 9.17) is 0 Å². The Morgan fingerprint density at radius 2 is 1.90 bits per heavy atom. The van der Waals surface area contributed by atoms with Crippen LogP contribution in [-0.2, 0) is 4.79 Å². The molecule has 4 fully saturated rings. The summed E-state index contributed by atoms with van der Waals surface area (Å²) in [4.78, 5) is 13.1. The first kappa shape index (κ1) is 14.2. The molecule has 0 bridgehead atoms. The topological polar surface area (TPSA) is 37.3 Å². The van der Waals surface area contributed by atoms with Crippen molar-refractivity contribution in [3.05, 3.63) is 0 Å². The summed E-state index contributed by atoms with van der Waals surface area (Å²) in [5.74, 6) is 2.90. The van der Waals surface area contributed by atoms with Crippen LogP contribution in [0.25, 0.3) is 0 Å². The lowest BCUT2D eigenvalue weighted by atomic mass is 9.45. The summed E-state index contributed by atoms with van der Waals surface area (Å²) in [5.41, 5.74) is 0.499. The summed E-state index contributed by atoms with van der Waals surface area (Å²) in [6.45, 7) is 4.77. The van der Waals surface area contributed by atoms with Crippen LogP contribution < -0.4 is 0 Å². The molecule has 0 aromatic rings. The van der Waals surface area contributed by atoms with Crippen molar-refractivity contribution in [3.63, 3.8) is 0 Å². The maximum atomic E-state index is 13.1. The molecule has 0 aliphatic heterocycles. The first-order valence-corrected chi connectivity index (χ1v) is 9.15. The minimum Gasteiger partial charge on any atom is -0.393 e. The van der Waals surface area contributed by atoms with Gasteiger partial charge in [-0.25, -0.2) is 0 Å². The van der Waals surface area contributed by atoms with E-state index in [1.54, 1.807) is 0 Å². The molecule has 4 aliphatic rings. The van der Waals surface area contributed by atoms with Crippen molar-refractivity contribution in [1.82, 2.24) is 0 Å². The van der Waals surface area contributed by atoms with E-state index in [0.717, 1.165) is 31.6 Å². The summed E-state index contributed by atoms with van der Waals surface area (Å²) < 4.78 is 0. The molecule has 2 nitrogen and oxygen atoms in total. The number of fused-ring (bicyclic) bond motifs is 5. The molecule has 7 atom stereocenters. The molecule has 0 radical (unpaired) electrons. The van der Waals surface area contributed by atoms with Crippen LogP contribution in [0.3, 0.4) is 0 Å². The lowest BCUT2D eigenvalue weighted by Gasteiger charge is -2.59. The number of aliphatic hydroxyl groups excluding tert-OH is 1. The third-order valence-electron chi connectivity index (χ3n) is 8.09. The molecule has 4 rings (SSSR count). The molecule has 1 N–H and O–H groups in total. The maximum Gasteiger partial charge on any atom is 0.137 e. The predicted octanol–water partition coefficient (Wildman–Crippen LogP) is 3.96. The molecule has 0 saturated heterocycles. The minimum atomic E-state index is -0.116. The molecular weight excluding hydrogens is 260 g/mol. The number of ketones is 1. The van der Waals surface area contributed by atoms with E-state index in [9.17, 15) is 9.90 Å². The summed E-state index contributed by atoms with van der Waals surface area (Å²) in [5, 5.41) is 10.0. The second-order valence-electron chi connectivity index (χ2n) is 9.15. The molecule has 0 heterocycles. The van der Waals surface area contributed by atoms with E-state index in [-0.39, 0.29) is 11.5 Å². The fourth-order valence-corrected chi connectivity index (χ4v) is 7.06. The van der Waals surface area contributed by atoms with E-state index in [1.807, 2.05) is 0 Å². The summed E-state index contributed by atoms with van der Waals surface area (Å²) >= 11 is 0. The van der Waals surface area contributed by atoms with Gasteiger partial charge in [0.15, 0.2) is 0 Å². The zero-order valence-electron chi connectivity index (χ0n) is 13.6. The van der Waals surface area contributed by atoms with E-state index in [1.165, 1.54) is 32.1 Å². The number of hydrogen-bond acceptors (Lipinski definition) is 2. The summed E-state index contributed by atoms with van der Waals surface area (Å²) in [7, 11) is 0. The highest BCUT2D eigenvalue weighted by Gasteiger charge is 2.60. The van der Waals surface area contributed by atoms with Crippen molar-refractivity contribution in [2.24, 2.45) is 34.5 Å². The second-order valence-corrected chi connectivity index (χ2v) is 9.15. The number of carbonyl (C=O) groups excluding carboxylic acids is 1. The van der Waals surface area contributed by atoms with Gasteiger partial charge in [-0.15, -0.1) is 0 Å². The highest BCUT2D eigenvalue weighted by atomic mass is 16.3. The van der Waals surface area contributed by atoms with Crippen LogP contribution in [0.2, 0.25) is 0 Å². The van der Waals surface area contributed by atoms with E-state index >= 15 is 0 Å². The summed E-state index contributed by atoms with van der Waals surface area (Å²) in [6, 6.07) is 0. The van der Waals surface area contributed by atoms with E-state index < -0.39 is 0 Å². The second kappa shape index (κ2) is 4.57. The molecule has 0 aromatic heterocycles. The standard InChI is InChI=1S/C19H30O2/c1-18-8-3-4-15(18)14-6-5-12-10-13(20)7-9-19(12,2)17(14)16(21)11-18/h12-15,17,20H,3-11H2,1-2H3/t12-,13-,14+,15-,17-,18-,19-/m1/s1. The van der Waals surface area contributed by atoms with Crippen LogP contribution in [0.15, 0.2) is 0 Å². The zero-order chi connectivity index (χ0) is 14.8. The van der Waals surface area contributed by atoms with Crippen molar-refractivity contribution in [2.45, 2.75) is 77.7 Å². The molecule has 21 heavy (non-hydrogen) atoms. The monoisotopic (exact) mass is 290 g/mol. The Bertz CT molecular complexity index is 458. The van der Waals surface area contributed by atoms with Gasteiger partial charge in [-0.2, -0.15) is 0 Å². The number of aliphatic hydroxyl groups is 1. The Hall–Kier alpha value is -0.370. The molecule has 0 aromatic carbocycles. The average Bonchev–Trinajstić information content (AvgIpc) is 2.80. The van der Waals surface area contributed by atoms with Crippen LogP contribution in [-0.4, -0.2) is 17.0 Å². The zero-order valence-corrected chi connectivity index (χ0v) is 13.6. The van der Waals surface area contributed by atoms with Gasteiger partial charge in [0, 0.05) is 12.3 Å². The molecule has 4 saturated carbocycles. The average molecular weight is 290 g/mol. The Morgan fingerprint density at radius 3 is 2.71 bits per heavy atom. The van der Waals surface area contributed by atoms with Crippen molar-refractivity contribution >= 4 is 5.78 Å². The van der Waals surface area contributed by atoms with Gasteiger partial charge in [0.25, 0.3) is 0 Å². The highest BCUT2D eigenvalue weighted by Crippen LogP contribution is 2.65. The fraction of sp³-hybridized carbons (Fsp3) is 0.947. The van der Waals surface area contributed by atoms with Gasteiger partial charge in [-0.1, -0.05) is 20.3 Å². The molecular formula is C19H30O2. The maximum absolute atomic E-state index is 13.1. The Labute approximate surface area is 128 Å². The Morgan fingerprint density at radius 1 is 1.10 bits per heavy atom. The van der Waals surface area contributed by atoms with Crippen LogP contribution >= 0.6 is 0 Å². The van der Waals surface area contributed by atoms with Gasteiger partial charge >= 0.3 is 0 Å². The lowest BCUT2D eigenvalue weighted by molar-refractivity contribution is -0.159. The van der Waals surface area contributed by atoms with Crippen LogP contribution in [0.1, 0.15) is 71.6 Å². The third-order valence-corrected chi connectivity index (χ3v) is 8.09. The van der Waals surface area contributed by atoms with Gasteiger partial charge in [0.2, 0.25) is 0 Å². The predicted molar refractivity (Wildman–Crippen MR) is 82.7 cm³/mol. The smallest absolute Gasteiger partial charge is 0.137 e. The van der Waals surface area contributed by atoms with E-state index in [0.29, 0.717) is 29.0 Å². The molecule has 0 amide bonds. The van der Waals surface area contributed by atoms with Crippen molar-refractivity contribution in [1.29, 1.82) is 0 Å². The van der Waals surface area contributed by atoms with Crippen LogP contribution in [0.5, 0.6) is 0 Å². The number of carbonyl (C=O) groups is 1. The number of Topliss-reactive ketones (excluding diaryl/α,β-unsaturated/α-hetero) is 1. The Balaban J connectivity index is 1.69. The van der Waals surface area contributed by atoms with Crippen molar-refractivity contribution in [2.75, 3.05) is 0 Å². The normalized spacial score (nSPS) is 56.5. The van der Waals surface area contributed by atoms with Crippen LogP contribution in [0, 0.1) is 34.5 Å². The minimum absolute atomic E-state index is 0.116. The third kappa shape index (κ3) is 1.90. The quantitative estimate of drug-likeness (QED) is 0.733. The largest absolute Gasteiger partial charge is 0.393 e. The molecule has 2 heteroatoms.